The van der Waals surface area contributed by atoms with Gasteiger partial charge in [0.1, 0.15) is 11.8 Å². The number of aryl methyl sites for hydroxylation is 1. The summed E-state index contributed by atoms with van der Waals surface area (Å²) in [5.74, 6) is 0. The van der Waals surface area contributed by atoms with Gasteiger partial charge in [0.15, 0.2) is 8.32 Å². The molecule has 8 nitrogen and oxygen atoms in total. The predicted octanol–water partition coefficient (Wildman–Crippen LogP) is 0.878. The number of nitrogens with one attached hydrogen (secondary N) is 1. The van der Waals surface area contributed by atoms with Crippen molar-refractivity contribution in [1.82, 2.24) is 9.55 Å². The zero-order chi connectivity index (χ0) is 19.9. The minimum Gasteiger partial charge on any atom is -0.411 e. The summed E-state index contributed by atoms with van der Waals surface area (Å²) < 4.78 is 13.6. The zero-order valence-electron chi connectivity index (χ0n) is 16.3. The summed E-state index contributed by atoms with van der Waals surface area (Å²) in [5.41, 5.74) is -1.97. The highest BCUT2D eigenvalue weighted by Crippen LogP contribution is 2.44. The van der Waals surface area contributed by atoms with Gasteiger partial charge in [0.2, 0.25) is 0 Å². The fourth-order valence-corrected chi connectivity index (χ4v) is 4.16. The maximum absolute atomic E-state index is 12.2. The summed E-state index contributed by atoms with van der Waals surface area (Å²) in [7, 11) is -2.20. The molecular weight excluding hydrogens is 356 g/mol. The van der Waals surface area contributed by atoms with E-state index in [1.165, 1.54) is 10.8 Å². The summed E-state index contributed by atoms with van der Waals surface area (Å²) in [6, 6.07) is 0. The van der Waals surface area contributed by atoms with Gasteiger partial charge in [-0.2, -0.15) is 0 Å². The van der Waals surface area contributed by atoms with E-state index in [1.54, 1.807) is 6.92 Å². The second-order valence-corrected chi connectivity index (χ2v) is 13.3. The lowest BCUT2D eigenvalue weighted by molar-refractivity contribution is -0.147. The van der Waals surface area contributed by atoms with E-state index >= 15 is 0 Å². The molecule has 0 unspecified atom stereocenters. The van der Waals surface area contributed by atoms with E-state index in [0.717, 1.165) is 0 Å². The number of aliphatic hydroxyl groups excluding tert-OH is 2. The first-order valence-electron chi connectivity index (χ1n) is 8.76. The van der Waals surface area contributed by atoms with Gasteiger partial charge >= 0.3 is 5.69 Å². The molecule has 1 saturated heterocycles. The molecule has 1 aliphatic heterocycles. The SMILES string of the molecule is Cc1cn([C@H]2C[C@H](O[Si](C)(C)C(C)(C)C)C(CO)(CO)O2)c(=O)[nH]c1=O. The van der Waals surface area contributed by atoms with Crippen LogP contribution in [-0.4, -0.2) is 53.0 Å². The van der Waals surface area contributed by atoms with Crippen LogP contribution in [0.5, 0.6) is 0 Å². The number of hydrogen-bond acceptors (Lipinski definition) is 6. The third-order valence-corrected chi connectivity index (χ3v) is 10.1. The van der Waals surface area contributed by atoms with Gasteiger partial charge in [-0.25, -0.2) is 4.79 Å². The van der Waals surface area contributed by atoms with Gasteiger partial charge in [-0.3, -0.25) is 14.3 Å². The summed E-state index contributed by atoms with van der Waals surface area (Å²) in [6.07, 6.45) is 0.411. The molecule has 0 aromatic carbocycles. The van der Waals surface area contributed by atoms with Crippen molar-refractivity contribution in [3.05, 3.63) is 32.6 Å². The van der Waals surface area contributed by atoms with E-state index in [0.29, 0.717) is 12.0 Å². The van der Waals surface area contributed by atoms with Crippen LogP contribution >= 0.6 is 0 Å². The van der Waals surface area contributed by atoms with Crippen LogP contribution in [0.4, 0.5) is 0 Å². The molecule has 0 aliphatic carbocycles. The fourth-order valence-electron chi connectivity index (χ4n) is 2.78. The topological polar surface area (TPSA) is 114 Å². The van der Waals surface area contributed by atoms with E-state index < -0.39 is 50.7 Å². The van der Waals surface area contributed by atoms with E-state index in [-0.39, 0.29) is 5.04 Å². The van der Waals surface area contributed by atoms with E-state index in [9.17, 15) is 19.8 Å². The lowest BCUT2D eigenvalue weighted by atomic mass is 9.99. The molecular formula is C17H30N2O6Si. The normalized spacial score (nSPS) is 23.4. The Kier molecular flexibility index (Phi) is 5.70. The van der Waals surface area contributed by atoms with Crippen molar-refractivity contribution in [3.63, 3.8) is 0 Å². The van der Waals surface area contributed by atoms with Crippen molar-refractivity contribution in [1.29, 1.82) is 0 Å². The van der Waals surface area contributed by atoms with Crippen molar-refractivity contribution in [2.24, 2.45) is 0 Å². The van der Waals surface area contributed by atoms with Crippen LogP contribution in [0.3, 0.4) is 0 Å². The van der Waals surface area contributed by atoms with Gasteiger partial charge < -0.3 is 19.4 Å². The highest BCUT2D eigenvalue weighted by atomic mass is 28.4. The Morgan fingerprint density at radius 1 is 1.35 bits per heavy atom. The molecule has 1 aromatic rings. The van der Waals surface area contributed by atoms with Crippen molar-refractivity contribution in [2.45, 2.75) is 70.2 Å². The number of aliphatic hydroxyl groups is 2. The Bertz CT molecular complexity index is 760. The zero-order valence-corrected chi connectivity index (χ0v) is 17.3. The molecule has 2 atom stereocenters. The Balaban J connectivity index is 2.40. The summed E-state index contributed by atoms with van der Waals surface area (Å²) in [4.78, 5) is 26.0. The highest BCUT2D eigenvalue weighted by Gasteiger charge is 2.53. The fraction of sp³-hybridized carbons (Fsp3) is 0.765. The van der Waals surface area contributed by atoms with Gasteiger partial charge in [-0.15, -0.1) is 0 Å². The third kappa shape index (κ3) is 3.72. The molecule has 2 heterocycles. The molecule has 1 aliphatic rings. The Morgan fingerprint density at radius 2 is 1.92 bits per heavy atom. The number of hydrogen-bond donors (Lipinski definition) is 3. The predicted molar refractivity (Wildman–Crippen MR) is 99.8 cm³/mol. The van der Waals surface area contributed by atoms with Crippen LogP contribution in [-0.2, 0) is 9.16 Å². The summed E-state index contributed by atoms with van der Waals surface area (Å²) >= 11 is 0. The van der Waals surface area contributed by atoms with Gasteiger partial charge in [0.05, 0.1) is 19.3 Å². The molecule has 0 bridgehead atoms. The van der Waals surface area contributed by atoms with Crippen LogP contribution in [0.15, 0.2) is 15.8 Å². The van der Waals surface area contributed by atoms with Crippen LogP contribution in [0, 0.1) is 6.92 Å². The van der Waals surface area contributed by atoms with E-state index in [1.807, 2.05) is 0 Å². The monoisotopic (exact) mass is 386 g/mol. The van der Waals surface area contributed by atoms with Crippen LogP contribution in [0.25, 0.3) is 0 Å². The van der Waals surface area contributed by atoms with Crippen molar-refractivity contribution < 1.29 is 19.4 Å². The van der Waals surface area contributed by atoms with Gasteiger partial charge in [-0.05, 0) is 25.1 Å². The Morgan fingerprint density at radius 3 is 2.42 bits per heavy atom. The number of ether oxygens (including phenoxy) is 1. The largest absolute Gasteiger partial charge is 0.411 e. The average molecular weight is 387 g/mol. The lowest BCUT2D eigenvalue weighted by Gasteiger charge is -2.42. The Hall–Kier alpha value is -1.26. The first-order chi connectivity index (χ1) is 11.9. The minimum atomic E-state index is -2.20. The first kappa shape index (κ1) is 21.0. The molecule has 1 aromatic heterocycles. The second kappa shape index (κ2) is 7.04. The molecule has 0 saturated carbocycles. The Labute approximate surface area is 153 Å². The van der Waals surface area contributed by atoms with Crippen molar-refractivity contribution in [3.8, 4) is 0 Å². The van der Waals surface area contributed by atoms with E-state index in [2.05, 4.69) is 38.8 Å². The standard InChI is InChI=1S/C17H30N2O6Si/c1-11-8-19(15(23)18-14(11)22)13-7-12(17(9-20,10-21)24-13)25-26(5,6)16(2,3)4/h8,12-13,20-21H,7,9-10H2,1-6H3,(H,18,22,23)/t12-,13+/m0/s1. The first-order valence-corrected chi connectivity index (χ1v) is 11.7. The van der Waals surface area contributed by atoms with Crippen molar-refractivity contribution in [2.75, 3.05) is 13.2 Å². The quantitative estimate of drug-likeness (QED) is 0.647. The molecule has 3 N–H and O–H groups in total. The molecule has 0 amide bonds. The lowest BCUT2D eigenvalue weighted by Crippen LogP contribution is -2.54. The summed E-state index contributed by atoms with van der Waals surface area (Å²) in [6.45, 7) is 11.2. The summed E-state index contributed by atoms with van der Waals surface area (Å²) in [5, 5.41) is 19.8. The molecule has 148 valence electrons. The second-order valence-electron chi connectivity index (χ2n) is 8.53. The molecule has 2 rings (SSSR count). The number of aromatic nitrogens is 2. The van der Waals surface area contributed by atoms with Crippen molar-refractivity contribution >= 4 is 8.32 Å². The van der Waals surface area contributed by atoms with Crippen LogP contribution < -0.4 is 11.2 Å². The highest BCUT2D eigenvalue weighted by molar-refractivity contribution is 6.74. The van der Waals surface area contributed by atoms with Crippen LogP contribution in [0.2, 0.25) is 18.1 Å². The maximum Gasteiger partial charge on any atom is 0.330 e. The third-order valence-electron chi connectivity index (χ3n) is 5.61. The number of aromatic amines is 1. The molecule has 1 fully saturated rings. The number of rotatable bonds is 5. The smallest absolute Gasteiger partial charge is 0.330 e. The molecule has 26 heavy (non-hydrogen) atoms. The van der Waals surface area contributed by atoms with Gasteiger partial charge in [0, 0.05) is 18.2 Å². The average Bonchev–Trinajstić information content (AvgIpc) is 2.88. The number of nitrogens with zero attached hydrogens (tertiary/aromatic N) is 1. The molecule has 0 spiro atoms. The van der Waals surface area contributed by atoms with Gasteiger partial charge in [-0.1, -0.05) is 20.8 Å². The minimum absolute atomic E-state index is 0.0624. The molecule has 0 radical (unpaired) electrons. The number of H-pyrrole nitrogens is 1. The van der Waals surface area contributed by atoms with Gasteiger partial charge in [0.25, 0.3) is 5.56 Å². The molecule has 9 heteroatoms. The van der Waals surface area contributed by atoms with Crippen LogP contribution in [0.1, 0.15) is 39.0 Å². The maximum atomic E-state index is 12.2. The van der Waals surface area contributed by atoms with E-state index in [4.69, 9.17) is 9.16 Å².